The number of anilines is 2. The van der Waals surface area contributed by atoms with E-state index < -0.39 is 0 Å². The van der Waals surface area contributed by atoms with Gasteiger partial charge in [-0.05, 0) is 36.6 Å². The predicted octanol–water partition coefficient (Wildman–Crippen LogP) is 2.29. The quantitative estimate of drug-likeness (QED) is 0.778. The molecule has 1 heterocycles. The van der Waals surface area contributed by atoms with Gasteiger partial charge in [0.25, 0.3) is 0 Å². The molecule has 1 aromatic carbocycles. The van der Waals surface area contributed by atoms with Crippen LogP contribution in [0.15, 0.2) is 18.2 Å². The Morgan fingerprint density at radius 3 is 3.12 bits per heavy atom. The molecule has 1 aliphatic heterocycles. The van der Waals surface area contributed by atoms with Crippen molar-refractivity contribution in [3.05, 3.63) is 23.8 Å². The van der Waals surface area contributed by atoms with E-state index in [2.05, 4.69) is 22.8 Å². The summed E-state index contributed by atoms with van der Waals surface area (Å²) in [6, 6.07) is 8.08. The number of hydrogen-bond donors (Lipinski definition) is 2. The number of rotatable bonds is 4. The van der Waals surface area contributed by atoms with E-state index in [-0.39, 0.29) is 5.91 Å². The van der Waals surface area contributed by atoms with E-state index in [1.165, 1.54) is 5.56 Å². The number of aryl methyl sites for hydroxylation is 1. The lowest BCUT2D eigenvalue weighted by molar-refractivity contribution is -0.116. The summed E-state index contributed by atoms with van der Waals surface area (Å²) in [5.74, 6) is 0.0900. The molecular weight excluding hydrogens is 214 g/mol. The van der Waals surface area contributed by atoms with Crippen molar-refractivity contribution in [2.45, 2.75) is 25.7 Å². The van der Waals surface area contributed by atoms with E-state index in [0.29, 0.717) is 12.8 Å². The molecule has 1 aliphatic rings. The van der Waals surface area contributed by atoms with Crippen molar-refractivity contribution in [2.24, 2.45) is 0 Å². The third kappa shape index (κ3) is 2.97. The molecule has 0 unspecified atom stereocenters. The number of nitriles is 1. The van der Waals surface area contributed by atoms with Crippen molar-refractivity contribution < 1.29 is 4.79 Å². The molecule has 0 fully saturated rings. The van der Waals surface area contributed by atoms with Crippen LogP contribution in [0.4, 0.5) is 11.4 Å². The zero-order valence-corrected chi connectivity index (χ0v) is 9.62. The molecule has 4 heteroatoms. The molecule has 0 saturated heterocycles. The maximum Gasteiger partial charge on any atom is 0.224 e. The minimum Gasteiger partial charge on any atom is -0.385 e. The smallest absolute Gasteiger partial charge is 0.224 e. The Balaban J connectivity index is 1.97. The minimum absolute atomic E-state index is 0.0900. The van der Waals surface area contributed by atoms with Gasteiger partial charge < -0.3 is 10.6 Å². The van der Waals surface area contributed by atoms with Gasteiger partial charge in [0.05, 0.1) is 6.07 Å². The van der Waals surface area contributed by atoms with E-state index in [1.54, 1.807) is 0 Å². The van der Waals surface area contributed by atoms with Crippen LogP contribution >= 0.6 is 0 Å². The largest absolute Gasteiger partial charge is 0.385 e. The molecule has 1 aromatic rings. The second-order valence-electron chi connectivity index (χ2n) is 4.11. The van der Waals surface area contributed by atoms with Crippen LogP contribution in [0.1, 0.15) is 24.8 Å². The first-order chi connectivity index (χ1) is 8.29. The highest BCUT2D eigenvalue weighted by molar-refractivity contribution is 5.94. The van der Waals surface area contributed by atoms with Gasteiger partial charge in [0.15, 0.2) is 0 Å². The van der Waals surface area contributed by atoms with Gasteiger partial charge in [-0.15, -0.1) is 0 Å². The van der Waals surface area contributed by atoms with Gasteiger partial charge in [-0.3, -0.25) is 4.79 Å². The second-order valence-corrected chi connectivity index (χ2v) is 4.11. The van der Waals surface area contributed by atoms with E-state index in [9.17, 15) is 4.79 Å². The molecule has 0 aliphatic carbocycles. The van der Waals surface area contributed by atoms with Crippen LogP contribution in [0.25, 0.3) is 0 Å². The van der Waals surface area contributed by atoms with E-state index in [4.69, 9.17) is 5.26 Å². The summed E-state index contributed by atoms with van der Waals surface area (Å²) in [4.78, 5) is 11.2. The third-order valence-electron chi connectivity index (χ3n) is 2.80. The Bertz CT molecular complexity index is 462. The van der Waals surface area contributed by atoms with Crippen molar-refractivity contribution in [3.63, 3.8) is 0 Å². The standard InChI is InChI=1S/C13H15N3O/c14-7-1-2-8-15-11-4-5-12-10(9-11)3-6-13(17)16-12/h4-5,9,15H,1-3,6,8H2,(H,16,17). The minimum atomic E-state index is 0.0900. The number of hydrogen-bond acceptors (Lipinski definition) is 3. The van der Waals surface area contributed by atoms with Gasteiger partial charge in [0, 0.05) is 30.8 Å². The number of amides is 1. The highest BCUT2D eigenvalue weighted by Crippen LogP contribution is 2.25. The third-order valence-corrected chi connectivity index (χ3v) is 2.80. The first-order valence-electron chi connectivity index (χ1n) is 5.83. The van der Waals surface area contributed by atoms with Crippen LogP contribution in [0, 0.1) is 11.3 Å². The number of carbonyl (C=O) groups excluding carboxylic acids is 1. The molecule has 2 rings (SSSR count). The zero-order valence-electron chi connectivity index (χ0n) is 9.62. The molecule has 2 N–H and O–H groups in total. The van der Waals surface area contributed by atoms with Crippen LogP contribution < -0.4 is 10.6 Å². The SMILES string of the molecule is N#CCCCNc1ccc2c(c1)CCC(=O)N2. The van der Waals surface area contributed by atoms with Crippen molar-refractivity contribution in [1.82, 2.24) is 0 Å². The van der Waals surface area contributed by atoms with Crippen LogP contribution in [-0.2, 0) is 11.2 Å². The highest BCUT2D eigenvalue weighted by Gasteiger charge is 2.14. The highest BCUT2D eigenvalue weighted by atomic mass is 16.1. The second kappa shape index (κ2) is 5.35. The van der Waals surface area contributed by atoms with E-state index >= 15 is 0 Å². The van der Waals surface area contributed by atoms with Crippen molar-refractivity contribution in [3.8, 4) is 6.07 Å². The Morgan fingerprint density at radius 2 is 2.29 bits per heavy atom. The fraction of sp³-hybridized carbons (Fsp3) is 0.385. The van der Waals surface area contributed by atoms with Crippen LogP contribution in [0.5, 0.6) is 0 Å². The fourth-order valence-corrected chi connectivity index (χ4v) is 1.89. The average Bonchev–Trinajstić information content (AvgIpc) is 2.35. The van der Waals surface area contributed by atoms with Crippen molar-refractivity contribution in [1.29, 1.82) is 5.26 Å². The summed E-state index contributed by atoms with van der Waals surface area (Å²) in [5.41, 5.74) is 3.15. The molecule has 0 aromatic heterocycles. The Hall–Kier alpha value is -2.02. The van der Waals surface area contributed by atoms with Gasteiger partial charge in [-0.2, -0.15) is 5.26 Å². The molecule has 88 valence electrons. The molecule has 0 spiro atoms. The van der Waals surface area contributed by atoms with Gasteiger partial charge in [0.2, 0.25) is 5.91 Å². The van der Waals surface area contributed by atoms with Crippen LogP contribution in [-0.4, -0.2) is 12.5 Å². The predicted molar refractivity (Wildman–Crippen MR) is 66.7 cm³/mol. The molecular formula is C13H15N3O. The molecule has 0 bridgehead atoms. The first-order valence-corrected chi connectivity index (χ1v) is 5.83. The number of fused-ring (bicyclic) bond motifs is 1. The fourth-order valence-electron chi connectivity index (χ4n) is 1.89. The maximum atomic E-state index is 11.2. The summed E-state index contributed by atoms with van der Waals surface area (Å²) in [7, 11) is 0. The lowest BCUT2D eigenvalue weighted by atomic mass is 10.0. The Kier molecular flexibility index (Phi) is 3.61. The van der Waals surface area contributed by atoms with Crippen LogP contribution in [0.3, 0.4) is 0 Å². The number of carbonyl (C=O) groups is 1. The molecule has 0 saturated carbocycles. The molecule has 0 atom stereocenters. The number of benzene rings is 1. The van der Waals surface area contributed by atoms with Gasteiger partial charge in [-0.1, -0.05) is 0 Å². The molecule has 0 radical (unpaired) electrons. The van der Waals surface area contributed by atoms with E-state index in [0.717, 1.165) is 30.8 Å². The molecule has 4 nitrogen and oxygen atoms in total. The van der Waals surface area contributed by atoms with Crippen LogP contribution in [0.2, 0.25) is 0 Å². The summed E-state index contributed by atoms with van der Waals surface area (Å²) < 4.78 is 0. The zero-order chi connectivity index (χ0) is 12.1. The lowest BCUT2D eigenvalue weighted by Gasteiger charge is -2.18. The Morgan fingerprint density at radius 1 is 1.41 bits per heavy atom. The lowest BCUT2D eigenvalue weighted by Crippen LogP contribution is -2.19. The summed E-state index contributed by atoms with van der Waals surface area (Å²) in [6.07, 6.45) is 2.79. The summed E-state index contributed by atoms with van der Waals surface area (Å²) >= 11 is 0. The van der Waals surface area contributed by atoms with Crippen molar-refractivity contribution >= 4 is 17.3 Å². The summed E-state index contributed by atoms with van der Waals surface area (Å²) in [5, 5.41) is 14.6. The Labute approximate surface area is 101 Å². The average molecular weight is 229 g/mol. The molecule has 1 amide bonds. The van der Waals surface area contributed by atoms with E-state index in [1.807, 2.05) is 12.1 Å². The van der Waals surface area contributed by atoms with Gasteiger partial charge in [-0.25, -0.2) is 0 Å². The maximum absolute atomic E-state index is 11.2. The first kappa shape index (κ1) is 11.5. The number of nitrogens with zero attached hydrogens (tertiary/aromatic N) is 1. The molecule has 17 heavy (non-hydrogen) atoms. The van der Waals surface area contributed by atoms with Gasteiger partial charge >= 0.3 is 0 Å². The van der Waals surface area contributed by atoms with Crippen molar-refractivity contribution in [2.75, 3.05) is 17.2 Å². The summed E-state index contributed by atoms with van der Waals surface area (Å²) in [6.45, 7) is 0.804. The monoisotopic (exact) mass is 229 g/mol. The number of unbranched alkanes of at least 4 members (excludes halogenated alkanes) is 1. The van der Waals surface area contributed by atoms with Gasteiger partial charge in [0.1, 0.15) is 0 Å². The number of nitrogens with one attached hydrogen (secondary N) is 2. The normalized spacial score (nSPS) is 13.5. The topological polar surface area (TPSA) is 64.9 Å².